The summed E-state index contributed by atoms with van der Waals surface area (Å²) in [6.45, 7) is 8.31. The Morgan fingerprint density at radius 1 is 1.45 bits per heavy atom. The summed E-state index contributed by atoms with van der Waals surface area (Å²) in [7, 11) is 0. The van der Waals surface area contributed by atoms with Gasteiger partial charge in [0.25, 0.3) is 0 Å². The fourth-order valence-electron chi connectivity index (χ4n) is 3.29. The molecule has 2 N–H and O–H groups in total. The lowest BCUT2D eigenvalue weighted by molar-refractivity contribution is -0.121. The first kappa shape index (κ1) is 14.9. The smallest absolute Gasteiger partial charge is 0.226 e. The van der Waals surface area contributed by atoms with Crippen molar-refractivity contribution in [2.45, 2.75) is 53.0 Å². The highest BCUT2D eigenvalue weighted by Crippen LogP contribution is 2.41. The maximum atomic E-state index is 12.3. The van der Waals surface area contributed by atoms with Crippen molar-refractivity contribution in [2.75, 3.05) is 0 Å². The van der Waals surface area contributed by atoms with Gasteiger partial charge in [0.05, 0.1) is 18.2 Å². The molecular formula is C17H23N3O2. The summed E-state index contributed by atoms with van der Waals surface area (Å²) < 4.78 is 5.81. The summed E-state index contributed by atoms with van der Waals surface area (Å²) in [6.07, 6.45) is 2.14. The van der Waals surface area contributed by atoms with Gasteiger partial charge in [-0.25, -0.2) is 0 Å². The van der Waals surface area contributed by atoms with Crippen molar-refractivity contribution in [3.05, 3.63) is 40.6 Å². The van der Waals surface area contributed by atoms with Gasteiger partial charge in [-0.2, -0.15) is 5.10 Å². The Morgan fingerprint density at radius 3 is 2.91 bits per heavy atom. The number of aromatic amines is 1. The topological polar surface area (TPSA) is 70.9 Å². The molecule has 2 aromatic rings. The van der Waals surface area contributed by atoms with E-state index in [2.05, 4.69) is 29.4 Å². The van der Waals surface area contributed by atoms with E-state index < -0.39 is 0 Å². The summed E-state index contributed by atoms with van der Waals surface area (Å²) >= 11 is 0. The lowest BCUT2D eigenvalue weighted by Crippen LogP contribution is -2.36. The normalized spacial score (nSPS) is 19.7. The Labute approximate surface area is 130 Å². The van der Waals surface area contributed by atoms with Gasteiger partial charge in [0, 0.05) is 17.7 Å². The van der Waals surface area contributed by atoms with Crippen molar-refractivity contribution in [3.63, 3.8) is 0 Å². The van der Waals surface area contributed by atoms with Crippen molar-refractivity contribution in [1.29, 1.82) is 0 Å². The van der Waals surface area contributed by atoms with Crippen molar-refractivity contribution in [1.82, 2.24) is 15.5 Å². The minimum atomic E-state index is -0.000923. The number of aromatic nitrogens is 2. The van der Waals surface area contributed by atoms with Gasteiger partial charge in [-0.15, -0.1) is 0 Å². The number of carbonyl (C=O) groups excluding carboxylic acids is 1. The van der Waals surface area contributed by atoms with Crippen molar-refractivity contribution >= 4 is 5.91 Å². The molecular weight excluding hydrogens is 278 g/mol. The molecule has 1 aliphatic rings. The molecule has 0 saturated carbocycles. The first-order valence-corrected chi connectivity index (χ1v) is 7.72. The van der Waals surface area contributed by atoms with Crippen LogP contribution in [0.15, 0.2) is 16.5 Å². The third-order valence-electron chi connectivity index (χ3n) is 4.17. The molecule has 118 valence electrons. The van der Waals surface area contributed by atoms with Gasteiger partial charge >= 0.3 is 0 Å². The first-order chi connectivity index (χ1) is 10.3. The molecule has 0 aliphatic heterocycles. The number of H-pyrrole nitrogens is 1. The van der Waals surface area contributed by atoms with Gasteiger partial charge in [0.1, 0.15) is 11.5 Å². The van der Waals surface area contributed by atoms with E-state index in [0.717, 1.165) is 41.3 Å². The predicted octanol–water partition coefficient (Wildman–Crippen LogP) is 2.99. The second kappa shape index (κ2) is 5.30. The number of furan rings is 1. The van der Waals surface area contributed by atoms with Crippen LogP contribution in [0.4, 0.5) is 0 Å². The van der Waals surface area contributed by atoms with Crippen molar-refractivity contribution in [2.24, 2.45) is 5.41 Å². The lowest BCUT2D eigenvalue weighted by atomic mass is 9.74. The second-order valence-corrected chi connectivity index (χ2v) is 7.12. The molecule has 2 heterocycles. The third kappa shape index (κ3) is 3.08. The number of nitrogens with one attached hydrogen (secondary N) is 2. The minimum absolute atomic E-state index is 0.000923. The summed E-state index contributed by atoms with van der Waals surface area (Å²) in [5.74, 6) is 1.92. The Bertz CT molecular complexity index is 697. The quantitative estimate of drug-likeness (QED) is 0.915. The zero-order chi connectivity index (χ0) is 15.9. The molecule has 22 heavy (non-hydrogen) atoms. The molecule has 1 amide bonds. The van der Waals surface area contributed by atoms with Crippen LogP contribution in [0, 0.1) is 19.3 Å². The van der Waals surface area contributed by atoms with Crippen LogP contribution >= 0.6 is 0 Å². The van der Waals surface area contributed by atoms with Crippen LogP contribution < -0.4 is 5.32 Å². The van der Waals surface area contributed by atoms with E-state index >= 15 is 0 Å². The van der Waals surface area contributed by atoms with Crippen LogP contribution in [0.25, 0.3) is 0 Å². The predicted molar refractivity (Wildman–Crippen MR) is 83.5 cm³/mol. The van der Waals surface area contributed by atoms with Gasteiger partial charge < -0.3 is 9.73 Å². The number of nitrogens with zero attached hydrogens (tertiary/aromatic N) is 1. The van der Waals surface area contributed by atoms with Gasteiger partial charge in [-0.3, -0.25) is 9.89 Å². The number of amides is 1. The molecule has 0 aromatic carbocycles. The zero-order valence-electron chi connectivity index (χ0n) is 13.6. The summed E-state index contributed by atoms with van der Waals surface area (Å²) in [5, 5.41) is 10.1. The molecule has 1 atom stereocenters. The van der Waals surface area contributed by atoms with E-state index in [0.29, 0.717) is 6.42 Å². The molecule has 0 unspecified atom stereocenters. The average molecular weight is 301 g/mol. The summed E-state index contributed by atoms with van der Waals surface area (Å²) in [5.41, 5.74) is 2.99. The van der Waals surface area contributed by atoms with Crippen LogP contribution in [0.1, 0.15) is 54.8 Å². The Kier molecular flexibility index (Phi) is 3.59. The van der Waals surface area contributed by atoms with Gasteiger partial charge in [0.15, 0.2) is 0 Å². The van der Waals surface area contributed by atoms with Gasteiger partial charge in [0.2, 0.25) is 5.91 Å². The summed E-state index contributed by atoms with van der Waals surface area (Å²) in [6, 6.07) is 3.97. The fraction of sp³-hybridized carbons (Fsp3) is 0.529. The third-order valence-corrected chi connectivity index (χ3v) is 4.17. The number of aryl methyl sites for hydroxylation is 2. The standard InChI is InChI=1S/C17H23N3O2/c1-10-5-12(20-19-10)7-16(21)18-14-8-17(3,4)9-15-13(14)6-11(2)22-15/h5-6,14H,7-9H2,1-4H3,(H,18,21)(H,19,20)/t14-/m0/s1. The SMILES string of the molecule is Cc1cc(CC(=O)N[C@H]2CC(C)(C)Cc3oc(C)cc32)n[nH]1. The highest BCUT2D eigenvalue weighted by Gasteiger charge is 2.35. The van der Waals surface area contributed by atoms with Crippen LogP contribution in [-0.2, 0) is 17.6 Å². The Morgan fingerprint density at radius 2 is 2.23 bits per heavy atom. The molecule has 5 nitrogen and oxygen atoms in total. The van der Waals surface area contributed by atoms with Crippen LogP contribution in [0.5, 0.6) is 0 Å². The number of hydrogen-bond acceptors (Lipinski definition) is 3. The molecule has 2 aromatic heterocycles. The largest absolute Gasteiger partial charge is 0.466 e. The highest BCUT2D eigenvalue weighted by molar-refractivity contribution is 5.78. The first-order valence-electron chi connectivity index (χ1n) is 7.72. The fourth-order valence-corrected chi connectivity index (χ4v) is 3.29. The summed E-state index contributed by atoms with van der Waals surface area (Å²) in [4.78, 5) is 12.3. The van der Waals surface area contributed by atoms with E-state index in [4.69, 9.17) is 4.42 Å². The number of hydrogen-bond donors (Lipinski definition) is 2. The molecule has 0 bridgehead atoms. The molecule has 0 spiro atoms. The van der Waals surface area contributed by atoms with Gasteiger partial charge in [-0.05, 0) is 37.8 Å². The monoisotopic (exact) mass is 301 g/mol. The minimum Gasteiger partial charge on any atom is -0.466 e. The zero-order valence-corrected chi connectivity index (χ0v) is 13.6. The molecule has 0 saturated heterocycles. The lowest BCUT2D eigenvalue weighted by Gasteiger charge is -2.34. The Balaban J connectivity index is 1.75. The van der Waals surface area contributed by atoms with E-state index in [1.54, 1.807) is 0 Å². The maximum absolute atomic E-state index is 12.3. The van der Waals surface area contributed by atoms with E-state index in [9.17, 15) is 4.79 Å². The van der Waals surface area contributed by atoms with Gasteiger partial charge in [-0.1, -0.05) is 13.8 Å². The van der Waals surface area contributed by atoms with Crippen LogP contribution in [-0.4, -0.2) is 16.1 Å². The molecule has 3 rings (SSSR count). The second-order valence-electron chi connectivity index (χ2n) is 7.12. The van der Waals surface area contributed by atoms with Crippen molar-refractivity contribution < 1.29 is 9.21 Å². The van der Waals surface area contributed by atoms with E-state index in [1.807, 2.05) is 26.0 Å². The molecule has 5 heteroatoms. The van der Waals surface area contributed by atoms with E-state index in [-0.39, 0.29) is 17.4 Å². The molecule has 1 aliphatic carbocycles. The number of carbonyl (C=O) groups is 1. The molecule has 0 fully saturated rings. The highest BCUT2D eigenvalue weighted by atomic mass is 16.3. The molecule has 0 radical (unpaired) electrons. The number of rotatable bonds is 3. The van der Waals surface area contributed by atoms with Crippen LogP contribution in [0.3, 0.4) is 0 Å². The number of fused-ring (bicyclic) bond motifs is 1. The van der Waals surface area contributed by atoms with Crippen LogP contribution in [0.2, 0.25) is 0 Å². The average Bonchev–Trinajstić information content (AvgIpc) is 2.93. The van der Waals surface area contributed by atoms with Crippen molar-refractivity contribution in [3.8, 4) is 0 Å². The Hall–Kier alpha value is -2.04. The maximum Gasteiger partial charge on any atom is 0.226 e. The van der Waals surface area contributed by atoms with E-state index in [1.165, 1.54) is 0 Å².